The van der Waals surface area contributed by atoms with Crippen LogP contribution >= 0.6 is 15.9 Å². The molecule has 94 valence electrons. The molecule has 0 aliphatic heterocycles. The van der Waals surface area contributed by atoms with Crippen molar-refractivity contribution in [2.45, 2.75) is 19.4 Å². The second-order valence-electron chi connectivity index (χ2n) is 4.07. The topological polar surface area (TPSA) is 66.6 Å². The molecule has 3 N–H and O–H groups in total. The number of carbonyl (C=O) groups excluding carboxylic acids is 1. The molecule has 0 aliphatic carbocycles. The van der Waals surface area contributed by atoms with E-state index in [9.17, 15) is 9.90 Å². The minimum Gasteiger partial charge on any atom is -0.398 e. The highest BCUT2D eigenvalue weighted by Gasteiger charge is 2.16. The number of nitrogens with zero attached hydrogens (tertiary/aromatic N) is 1. The Morgan fingerprint density at radius 1 is 1.59 bits per heavy atom. The lowest BCUT2D eigenvalue weighted by molar-refractivity contribution is 0.0768. The van der Waals surface area contributed by atoms with Crippen molar-refractivity contribution in [3.63, 3.8) is 0 Å². The fourth-order valence-electron chi connectivity index (χ4n) is 1.40. The average molecular weight is 301 g/mol. The number of amides is 1. The van der Waals surface area contributed by atoms with Crippen molar-refractivity contribution in [2.24, 2.45) is 0 Å². The maximum absolute atomic E-state index is 12.1. The zero-order valence-electron chi connectivity index (χ0n) is 9.98. The van der Waals surface area contributed by atoms with E-state index in [0.717, 1.165) is 0 Å². The summed E-state index contributed by atoms with van der Waals surface area (Å²) >= 11 is 3.31. The molecular formula is C12H17BrN2O2. The second-order valence-corrected chi connectivity index (χ2v) is 4.87. The van der Waals surface area contributed by atoms with Gasteiger partial charge in [-0.1, -0.05) is 6.07 Å². The van der Waals surface area contributed by atoms with Crippen LogP contribution in [0.2, 0.25) is 0 Å². The molecule has 1 aromatic carbocycles. The van der Waals surface area contributed by atoms with Gasteiger partial charge < -0.3 is 15.7 Å². The Hall–Kier alpha value is -1.07. The molecule has 0 heterocycles. The highest BCUT2D eigenvalue weighted by Crippen LogP contribution is 2.24. The van der Waals surface area contributed by atoms with Gasteiger partial charge in [0.05, 0.1) is 16.1 Å². The number of benzene rings is 1. The Bertz CT molecular complexity index is 407. The Balaban J connectivity index is 2.78. The predicted molar refractivity (Wildman–Crippen MR) is 71.8 cm³/mol. The van der Waals surface area contributed by atoms with Crippen LogP contribution in [0.4, 0.5) is 5.69 Å². The quantitative estimate of drug-likeness (QED) is 0.834. The van der Waals surface area contributed by atoms with Crippen molar-refractivity contribution >= 4 is 27.5 Å². The number of hydrogen-bond acceptors (Lipinski definition) is 3. The summed E-state index contributed by atoms with van der Waals surface area (Å²) in [6, 6.07) is 5.20. The van der Waals surface area contributed by atoms with Gasteiger partial charge in [-0.15, -0.1) is 0 Å². The number of rotatable bonds is 4. The molecule has 0 fully saturated rings. The van der Waals surface area contributed by atoms with Gasteiger partial charge in [0.25, 0.3) is 5.91 Å². The van der Waals surface area contributed by atoms with Gasteiger partial charge >= 0.3 is 0 Å². The molecule has 1 rings (SSSR count). The molecule has 5 heteroatoms. The zero-order valence-corrected chi connectivity index (χ0v) is 11.6. The first-order valence-corrected chi connectivity index (χ1v) is 6.20. The summed E-state index contributed by atoms with van der Waals surface area (Å²) in [6.45, 7) is 2.21. The van der Waals surface area contributed by atoms with E-state index in [-0.39, 0.29) is 5.91 Å². The molecule has 0 spiro atoms. The molecule has 0 bridgehead atoms. The number of nitrogens with two attached hydrogens (primary N) is 1. The lowest BCUT2D eigenvalue weighted by Gasteiger charge is -2.19. The third kappa shape index (κ3) is 3.71. The van der Waals surface area contributed by atoms with Gasteiger partial charge in [0.15, 0.2) is 0 Å². The maximum Gasteiger partial charge on any atom is 0.254 e. The van der Waals surface area contributed by atoms with Gasteiger partial charge in [-0.2, -0.15) is 0 Å². The molecule has 0 radical (unpaired) electrons. The normalized spacial score (nSPS) is 12.2. The number of halogens is 1. The highest BCUT2D eigenvalue weighted by molar-refractivity contribution is 9.10. The average Bonchev–Trinajstić information content (AvgIpc) is 2.28. The van der Waals surface area contributed by atoms with E-state index in [4.69, 9.17) is 5.73 Å². The number of hydrogen-bond donors (Lipinski definition) is 2. The lowest BCUT2D eigenvalue weighted by atomic mass is 10.1. The minimum absolute atomic E-state index is 0.107. The highest BCUT2D eigenvalue weighted by atomic mass is 79.9. The van der Waals surface area contributed by atoms with Crippen LogP contribution in [0.1, 0.15) is 23.7 Å². The predicted octanol–water partition coefficient (Wildman–Crippen LogP) is 1.87. The van der Waals surface area contributed by atoms with Gasteiger partial charge in [0.2, 0.25) is 0 Å². The van der Waals surface area contributed by atoms with Gasteiger partial charge in [-0.05, 0) is 41.4 Å². The smallest absolute Gasteiger partial charge is 0.254 e. The van der Waals surface area contributed by atoms with E-state index >= 15 is 0 Å². The first-order valence-electron chi connectivity index (χ1n) is 5.41. The Morgan fingerprint density at radius 2 is 2.24 bits per heavy atom. The molecule has 1 amide bonds. The summed E-state index contributed by atoms with van der Waals surface area (Å²) in [5.41, 5.74) is 6.80. The summed E-state index contributed by atoms with van der Waals surface area (Å²) in [4.78, 5) is 13.7. The minimum atomic E-state index is -0.408. The number of aliphatic hydroxyl groups is 1. The van der Waals surface area contributed by atoms with Crippen LogP contribution in [-0.2, 0) is 0 Å². The van der Waals surface area contributed by atoms with Crippen molar-refractivity contribution in [1.82, 2.24) is 4.90 Å². The molecule has 1 unspecified atom stereocenters. The number of anilines is 1. The summed E-state index contributed by atoms with van der Waals surface area (Å²) in [6.07, 6.45) is 0.150. The van der Waals surface area contributed by atoms with E-state index in [1.807, 2.05) is 0 Å². The van der Waals surface area contributed by atoms with Crippen LogP contribution < -0.4 is 5.73 Å². The van der Waals surface area contributed by atoms with Crippen LogP contribution in [0.25, 0.3) is 0 Å². The Labute approximate surface area is 110 Å². The lowest BCUT2D eigenvalue weighted by Crippen LogP contribution is -2.29. The van der Waals surface area contributed by atoms with Crippen molar-refractivity contribution in [3.05, 3.63) is 28.2 Å². The molecule has 1 aromatic rings. The van der Waals surface area contributed by atoms with Crippen molar-refractivity contribution < 1.29 is 9.90 Å². The number of nitrogen functional groups attached to an aromatic ring is 1. The summed E-state index contributed by atoms with van der Waals surface area (Å²) < 4.78 is 0.619. The fraction of sp³-hybridized carbons (Fsp3) is 0.417. The monoisotopic (exact) mass is 300 g/mol. The SMILES string of the molecule is CC(O)CCN(C)C(=O)c1cccc(N)c1Br. The largest absolute Gasteiger partial charge is 0.398 e. The van der Waals surface area contributed by atoms with Crippen LogP contribution in [0.5, 0.6) is 0 Å². The van der Waals surface area contributed by atoms with Crippen LogP contribution in [0, 0.1) is 0 Å². The summed E-state index contributed by atoms with van der Waals surface area (Å²) in [7, 11) is 1.71. The maximum atomic E-state index is 12.1. The van der Waals surface area contributed by atoms with Crippen LogP contribution in [-0.4, -0.2) is 35.6 Å². The molecule has 1 atom stereocenters. The molecule has 0 saturated heterocycles. The molecule has 0 aromatic heterocycles. The van der Waals surface area contributed by atoms with Gasteiger partial charge in [-0.3, -0.25) is 4.79 Å². The third-order valence-corrected chi connectivity index (χ3v) is 3.37. The molecular weight excluding hydrogens is 284 g/mol. The summed E-state index contributed by atoms with van der Waals surface area (Å²) in [5.74, 6) is -0.107. The first-order chi connectivity index (χ1) is 7.93. The number of aliphatic hydroxyl groups excluding tert-OH is 1. The molecule has 0 saturated carbocycles. The van der Waals surface area contributed by atoms with E-state index < -0.39 is 6.10 Å². The van der Waals surface area contributed by atoms with E-state index in [0.29, 0.717) is 28.7 Å². The van der Waals surface area contributed by atoms with Crippen molar-refractivity contribution in [2.75, 3.05) is 19.3 Å². The van der Waals surface area contributed by atoms with Crippen molar-refractivity contribution in [3.8, 4) is 0 Å². The van der Waals surface area contributed by atoms with Gasteiger partial charge in [0.1, 0.15) is 0 Å². The number of carbonyl (C=O) groups is 1. The summed E-state index contributed by atoms with van der Waals surface area (Å²) in [5, 5.41) is 9.19. The van der Waals surface area contributed by atoms with Crippen LogP contribution in [0.3, 0.4) is 0 Å². The van der Waals surface area contributed by atoms with Gasteiger partial charge in [0, 0.05) is 19.3 Å². The van der Waals surface area contributed by atoms with E-state index in [1.54, 1.807) is 37.1 Å². The fourth-order valence-corrected chi connectivity index (χ4v) is 1.84. The van der Waals surface area contributed by atoms with Gasteiger partial charge in [-0.25, -0.2) is 0 Å². The standard InChI is InChI=1S/C12H17BrN2O2/c1-8(16)6-7-15(2)12(17)9-4-3-5-10(14)11(9)13/h3-5,8,16H,6-7,14H2,1-2H3. The van der Waals surface area contributed by atoms with Crippen LogP contribution in [0.15, 0.2) is 22.7 Å². The Kier molecular flexibility index (Phi) is 4.96. The van der Waals surface area contributed by atoms with Crippen molar-refractivity contribution in [1.29, 1.82) is 0 Å². The molecule has 4 nitrogen and oxygen atoms in total. The second kappa shape index (κ2) is 6.02. The van der Waals surface area contributed by atoms with E-state index in [1.165, 1.54) is 0 Å². The first kappa shape index (κ1) is 14.0. The Morgan fingerprint density at radius 3 is 2.82 bits per heavy atom. The third-order valence-electron chi connectivity index (χ3n) is 2.49. The molecule has 0 aliphatic rings. The molecule has 17 heavy (non-hydrogen) atoms. The van der Waals surface area contributed by atoms with E-state index in [2.05, 4.69) is 15.9 Å². The zero-order chi connectivity index (χ0) is 13.0.